The molecule has 0 spiro atoms. The molecular weight excluding hydrogens is 536 g/mol. The maximum absolute atomic E-state index is 4.96. The predicted molar refractivity (Wildman–Crippen MR) is 180 cm³/mol. The van der Waals surface area contributed by atoms with Crippen molar-refractivity contribution in [3.63, 3.8) is 0 Å². The van der Waals surface area contributed by atoms with Crippen LogP contribution < -0.4 is 0 Å². The lowest BCUT2D eigenvalue weighted by atomic mass is 9.96. The van der Waals surface area contributed by atoms with E-state index >= 15 is 0 Å². The molecule has 8 rings (SSSR count). The number of rotatable bonds is 5. The highest BCUT2D eigenvalue weighted by atomic mass is 15.0. The monoisotopic (exact) mass is 562 g/mol. The van der Waals surface area contributed by atoms with Crippen molar-refractivity contribution in [1.29, 1.82) is 0 Å². The molecule has 2 aromatic heterocycles. The molecule has 0 aliphatic carbocycles. The summed E-state index contributed by atoms with van der Waals surface area (Å²) >= 11 is 0. The van der Waals surface area contributed by atoms with E-state index in [1.165, 1.54) is 16.5 Å². The summed E-state index contributed by atoms with van der Waals surface area (Å²) in [6.45, 7) is 0. The fourth-order valence-electron chi connectivity index (χ4n) is 5.75. The molecule has 0 saturated heterocycles. The van der Waals surface area contributed by atoms with Crippen molar-refractivity contribution in [2.45, 2.75) is 0 Å². The molecule has 44 heavy (non-hydrogen) atoms. The van der Waals surface area contributed by atoms with Crippen molar-refractivity contribution in [1.82, 2.24) is 19.9 Å². The topological polar surface area (TPSA) is 51.6 Å². The molecular formula is C40H26N4. The van der Waals surface area contributed by atoms with Gasteiger partial charge < -0.3 is 0 Å². The van der Waals surface area contributed by atoms with Gasteiger partial charge in [-0.25, -0.2) is 15.0 Å². The third-order valence-electron chi connectivity index (χ3n) is 8.00. The molecule has 8 aromatic rings. The van der Waals surface area contributed by atoms with Gasteiger partial charge in [0.05, 0.1) is 5.52 Å². The Kier molecular flexibility index (Phi) is 6.43. The number of hydrogen-bond acceptors (Lipinski definition) is 4. The lowest BCUT2D eigenvalue weighted by molar-refractivity contribution is 1.07. The van der Waals surface area contributed by atoms with E-state index in [9.17, 15) is 0 Å². The maximum Gasteiger partial charge on any atom is 0.164 e. The molecule has 2 heterocycles. The summed E-state index contributed by atoms with van der Waals surface area (Å²) in [7, 11) is 0. The molecule has 6 aromatic carbocycles. The molecule has 0 aliphatic heterocycles. The first kappa shape index (κ1) is 25.7. The summed E-state index contributed by atoms with van der Waals surface area (Å²) in [5.41, 5.74) is 8.47. The molecule has 0 bridgehead atoms. The van der Waals surface area contributed by atoms with E-state index in [1.807, 2.05) is 48.7 Å². The van der Waals surface area contributed by atoms with Gasteiger partial charge in [-0.05, 0) is 33.7 Å². The fraction of sp³-hybridized carbons (Fsp3) is 0. The van der Waals surface area contributed by atoms with Crippen LogP contribution in [0.3, 0.4) is 0 Å². The molecule has 4 heteroatoms. The van der Waals surface area contributed by atoms with E-state index in [0.717, 1.165) is 44.1 Å². The summed E-state index contributed by atoms with van der Waals surface area (Å²) in [4.78, 5) is 19.4. The van der Waals surface area contributed by atoms with Crippen molar-refractivity contribution in [2.75, 3.05) is 0 Å². The Balaban J connectivity index is 1.20. The van der Waals surface area contributed by atoms with Crippen LogP contribution in [-0.2, 0) is 0 Å². The summed E-state index contributed by atoms with van der Waals surface area (Å²) in [6.07, 6.45) is 1.85. The first-order valence-electron chi connectivity index (χ1n) is 14.6. The first-order valence-corrected chi connectivity index (χ1v) is 14.6. The van der Waals surface area contributed by atoms with Gasteiger partial charge >= 0.3 is 0 Å². The maximum atomic E-state index is 4.96. The number of fused-ring (bicyclic) bond motifs is 3. The Morgan fingerprint density at radius 3 is 1.48 bits per heavy atom. The van der Waals surface area contributed by atoms with Crippen LogP contribution in [0.1, 0.15) is 0 Å². The Morgan fingerprint density at radius 1 is 0.318 bits per heavy atom. The van der Waals surface area contributed by atoms with E-state index in [0.29, 0.717) is 17.5 Å². The minimum absolute atomic E-state index is 0.639. The Morgan fingerprint density at radius 2 is 0.841 bits per heavy atom. The molecule has 0 N–H and O–H groups in total. The molecule has 0 amide bonds. The normalized spacial score (nSPS) is 11.2. The smallest absolute Gasteiger partial charge is 0.164 e. The quantitative estimate of drug-likeness (QED) is 0.196. The highest BCUT2D eigenvalue weighted by Crippen LogP contribution is 2.34. The average Bonchev–Trinajstić information content (AvgIpc) is 3.12. The standard InChI is InChI=1S/C40H26N4/c1-3-9-27(10-4-1)28-16-20-32(21-17-28)39-42-38(31-11-5-2-6-12-31)43-40(44-39)33-22-18-29(19-23-33)34-14-7-15-36-35(34)25-24-30-13-8-26-41-37(30)36/h1-26H. The molecule has 206 valence electrons. The minimum atomic E-state index is 0.639. The van der Waals surface area contributed by atoms with Crippen LogP contribution in [-0.4, -0.2) is 19.9 Å². The van der Waals surface area contributed by atoms with E-state index in [-0.39, 0.29) is 0 Å². The average molecular weight is 563 g/mol. The Hall–Kier alpha value is -6.00. The Bertz CT molecular complexity index is 2240. The van der Waals surface area contributed by atoms with Crippen molar-refractivity contribution < 1.29 is 0 Å². The number of benzene rings is 6. The van der Waals surface area contributed by atoms with Gasteiger partial charge in [0.1, 0.15) is 0 Å². The van der Waals surface area contributed by atoms with E-state index in [1.54, 1.807) is 0 Å². The van der Waals surface area contributed by atoms with E-state index in [2.05, 4.69) is 114 Å². The van der Waals surface area contributed by atoms with Gasteiger partial charge in [0, 0.05) is 33.7 Å². The summed E-state index contributed by atoms with van der Waals surface area (Å²) < 4.78 is 0. The highest BCUT2D eigenvalue weighted by Gasteiger charge is 2.14. The van der Waals surface area contributed by atoms with Gasteiger partial charge in [-0.2, -0.15) is 0 Å². The molecule has 0 saturated carbocycles. The van der Waals surface area contributed by atoms with Crippen LogP contribution in [0.15, 0.2) is 158 Å². The zero-order valence-electron chi connectivity index (χ0n) is 23.8. The van der Waals surface area contributed by atoms with Crippen molar-refractivity contribution in [3.05, 3.63) is 158 Å². The lowest BCUT2D eigenvalue weighted by Gasteiger charge is -2.11. The van der Waals surface area contributed by atoms with Gasteiger partial charge in [-0.3, -0.25) is 4.98 Å². The van der Waals surface area contributed by atoms with Crippen molar-refractivity contribution in [2.24, 2.45) is 0 Å². The predicted octanol–water partition coefficient (Wildman–Crippen LogP) is 9.91. The largest absolute Gasteiger partial charge is 0.256 e. The third kappa shape index (κ3) is 4.79. The van der Waals surface area contributed by atoms with E-state index < -0.39 is 0 Å². The van der Waals surface area contributed by atoms with Crippen molar-refractivity contribution >= 4 is 21.7 Å². The summed E-state index contributed by atoms with van der Waals surface area (Å²) in [6, 6.07) is 52.2. The lowest BCUT2D eigenvalue weighted by Crippen LogP contribution is -2.00. The highest BCUT2D eigenvalue weighted by molar-refractivity contribution is 6.10. The van der Waals surface area contributed by atoms with Gasteiger partial charge in [0.25, 0.3) is 0 Å². The van der Waals surface area contributed by atoms with Crippen LogP contribution in [0.25, 0.3) is 78.1 Å². The molecule has 4 nitrogen and oxygen atoms in total. The van der Waals surface area contributed by atoms with Crippen LogP contribution in [0.5, 0.6) is 0 Å². The number of nitrogens with zero attached hydrogens (tertiary/aromatic N) is 4. The zero-order chi connectivity index (χ0) is 29.3. The summed E-state index contributed by atoms with van der Waals surface area (Å²) in [5, 5.41) is 3.47. The summed E-state index contributed by atoms with van der Waals surface area (Å²) in [5.74, 6) is 1.93. The zero-order valence-corrected chi connectivity index (χ0v) is 23.8. The number of aromatic nitrogens is 4. The molecule has 0 fully saturated rings. The Labute approximate surface area is 255 Å². The molecule has 0 aliphatic rings. The van der Waals surface area contributed by atoms with Crippen molar-refractivity contribution in [3.8, 4) is 56.4 Å². The van der Waals surface area contributed by atoms with Crippen LogP contribution in [0.4, 0.5) is 0 Å². The minimum Gasteiger partial charge on any atom is -0.256 e. The number of hydrogen-bond donors (Lipinski definition) is 0. The fourth-order valence-corrected chi connectivity index (χ4v) is 5.75. The van der Waals surface area contributed by atoms with Gasteiger partial charge in [-0.1, -0.05) is 146 Å². The molecule has 0 unspecified atom stereocenters. The second-order valence-corrected chi connectivity index (χ2v) is 10.7. The van der Waals surface area contributed by atoms with Gasteiger partial charge in [-0.15, -0.1) is 0 Å². The van der Waals surface area contributed by atoms with Crippen LogP contribution in [0.2, 0.25) is 0 Å². The second-order valence-electron chi connectivity index (χ2n) is 10.7. The third-order valence-corrected chi connectivity index (χ3v) is 8.00. The van der Waals surface area contributed by atoms with Crippen LogP contribution >= 0.6 is 0 Å². The van der Waals surface area contributed by atoms with Gasteiger partial charge in [0.2, 0.25) is 0 Å². The van der Waals surface area contributed by atoms with Crippen LogP contribution in [0, 0.1) is 0 Å². The van der Waals surface area contributed by atoms with Gasteiger partial charge in [0.15, 0.2) is 17.5 Å². The van der Waals surface area contributed by atoms with E-state index in [4.69, 9.17) is 15.0 Å². The number of pyridine rings is 1. The molecule has 0 radical (unpaired) electrons. The second kappa shape index (κ2) is 11.0. The first-order chi connectivity index (χ1) is 21.8. The SMILES string of the molecule is c1ccc(-c2ccc(-c3nc(-c4ccccc4)nc(-c4ccc(-c5cccc6c5ccc5cccnc56)cc4)n3)cc2)cc1. The molecule has 0 atom stereocenters.